The lowest BCUT2D eigenvalue weighted by Gasteiger charge is -2.13. The second-order valence-electron chi connectivity index (χ2n) is 4.17. The number of carboxylic acids is 1. The minimum Gasteiger partial charge on any atom is -0.481 e. The average Bonchev–Trinajstić information content (AvgIpc) is 2.18. The first-order chi connectivity index (χ1) is 7.11. The zero-order chi connectivity index (χ0) is 11.7. The highest BCUT2D eigenvalue weighted by Gasteiger charge is 2.16. The molecular weight excluding hydrogens is 192 g/mol. The summed E-state index contributed by atoms with van der Waals surface area (Å²) in [6.07, 6.45) is 5.70. The van der Waals surface area contributed by atoms with Gasteiger partial charge in [-0.25, -0.2) is 0 Å². The van der Waals surface area contributed by atoms with E-state index in [2.05, 4.69) is 6.92 Å². The van der Waals surface area contributed by atoms with Crippen molar-refractivity contribution in [2.75, 3.05) is 0 Å². The molecule has 0 aliphatic carbocycles. The van der Waals surface area contributed by atoms with Gasteiger partial charge in [-0.15, -0.1) is 0 Å². The van der Waals surface area contributed by atoms with Gasteiger partial charge < -0.3 is 10.2 Å². The number of hydrogen-bond acceptors (Lipinski definition) is 2. The molecule has 2 unspecified atom stereocenters. The molecule has 2 atom stereocenters. The van der Waals surface area contributed by atoms with E-state index >= 15 is 0 Å². The Bertz CT molecular complexity index is 168. The summed E-state index contributed by atoms with van der Waals surface area (Å²) >= 11 is 0. The number of aliphatic carboxylic acids is 1. The van der Waals surface area contributed by atoms with Crippen molar-refractivity contribution in [1.82, 2.24) is 0 Å². The highest BCUT2D eigenvalue weighted by molar-refractivity contribution is 5.69. The monoisotopic (exact) mass is 216 g/mol. The van der Waals surface area contributed by atoms with Crippen molar-refractivity contribution in [1.29, 1.82) is 0 Å². The standard InChI is InChI=1S/C12H24O3/c1-3-5-6-7-11(13)9-8-10(4-2)12(14)15/h10-11,13H,3-9H2,1-2H3,(H,14,15). The molecule has 0 fully saturated rings. The lowest BCUT2D eigenvalue weighted by atomic mass is 9.96. The third-order valence-corrected chi connectivity index (χ3v) is 2.83. The molecule has 0 spiro atoms. The second-order valence-corrected chi connectivity index (χ2v) is 4.17. The fourth-order valence-electron chi connectivity index (χ4n) is 1.67. The van der Waals surface area contributed by atoms with Gasteiger partial charge in [-0.1, -0.05) is 33.1 Å². The van der Waals surface area contributed by atoms with Crippen LogP contribution in [0.4, 0.5) is 0 Å². The Balaban J connectivity index is 3.59. The molecule has 0 amide bonds. The van der Waals surface area contributed by atoms with E-state index in [1.165, 1.54) is 0 Å². The molecule has 2 N–H and O–H groups in total. The van der Waals surface area contributed by atoms with E-state index in [0.29, 0.717) is 19.3 Å². The average molecular weight is 216 g/mol. The van der Waals surface area contributed by atoms with E-state index in [0.717, 1.165) is 25.7 Å². The van der Waals surface area contributed by atoms with Gasteiger partial charge in [0.05, 0.1) is 12.0 Å². The molecule has 3 heteroatoms. The number of aliphatic hydroxyl groups is 1. The summed E-state index contributed by atoms with van der Waals surface area (Å²) in [7, 11) is 0. The summed E-state index contributed by atoms with van der Waals surface area (Å²) in [6.45, 7) is 4.01. The smallest absolute Gasteiger partial charge is 0.306 e. The van der Waals surface area contributed by atoms with Crippen molar-refractivity contribution in [3.63, 3.8) is 0 Å². The highest BCUT2D eigenvalue weighted by atomic mass is 16.4. The van der Waals surface area contributed by atoms with Crippen molar-refractivity contribution in [3.05, 3.63) is 0 Å². The number of unbranched alkanes of at least 4 members (excludes halogenated alkanes) is 2. The van der Waals surface area contributed by atoms with Gasteiger partial charge in [0.25, 0.3) is 0 Å². The Hall–Kier alpha value is -0.570. The Kier molecular flexibility index (Phi) is 8.38. The van der Waals surface area contributed by atoms with Gasteiger partial charge in [-0.3, -0.25) is 4.79 Å². The topological polar surface area (TPSA) is 57.5 Å². The van der Waals surface area contributed by atoms with Crippen LogP contribution in [0.5, 0.6) is 0 Å². The summed E-state index contributed by atoms with van der Waals surface area (Å²) in [5.74, 6) is -1.02. The van der Waals surface area contributed by atoms with E-state index in [1.54, 1.807) is 0 Å². The fourth-order valence-corrected chi connectivity index (χ4v) is 1.67. The number of aliphatic hydroxyl groups excluding tert-OH is 1. The van der Waals surface area contributed by atoms with E-state index in [9.17, 15) is 9.90 Å². The molecule has 0 saturated heterocycles. The maximum Gasteiger partial charge on any atom is 0.306 e. The normalized spacial score (nSPS) is 14.9. The van der Waals surface area contributed by atoms with Crippen molar-refractivity contribution >= 4 is 5.97 Å². The van der Waals surface area contributed by atoms with Gasteiger partial charge in [0.2, 0.25) is 0 Å². The van der Waals surface area contributed by atoms with Crippen molar-refractivity contribution in [2.45, 2.75) is 64.9 Å². The maximum atomic E-state index is 10.7. The van der Waals surface area contributed by atoms with Crippen molar-refractivity contribution in [2.24, 2.45) is 5.92 Å². The predicted molar refractivity (Wildman–Crippen MR) is 60.8 cm³/mol. The number of hydrogen-bond donors (Lipinski definition) is 2. The Morgan fingerprint density at radius 3 is 2.27 bits per heavy atom. The first kappa shape index (κ1) is 14.4. The molecule has 90 valence electrons. The molecule has 0 aromatic carbocycles. The molecule has 0 bridgehead atoms. The highest BCUT2D eigenvalue weighted by Crippen LogP contribution is 2.15. The van der Waals surface area contributed by atoms with E-state index < -0.39 is 5.97 Å². The van der Waals surface area contributed by atoms with Gasteiger partial charge in [-0.05, 0) is 25.7 Å². The van der Waals surface area contributed by atoms with Crippen molar-refractivity contribution < 1.29 is 15.0 Å². The third kappa shape index (κ3) is 7.37. The van der Waals surface area contributed by atoms with E-state index in [1.807, 2.05) is 6.92 Å². The van der Waals surface area contributed by atoms with Crippen LogP contribution in [0.1, 0.15) is 58.8 Å². The summed E-state index contributed by atoms with van der Waals surface area (Å²) in [4.78, 5) is 10.7. The molecular formula is C12H24O3. The molecule has 0 aromatic rings. The zero-order valence-corrected chi connectivity index (χ0v) is 9.91. The molecule has 15 heavy (non-hydrogen) atoms. The van der Waals surface area contributed by atoms with Crippen molar-refractivity contribution in [3.8, 4) is 0 Å². The molecule has 0 aromatic heterocycles. The van der Waals surface area contributed by atoms with Crippen LogP contribution in [0, 0.1) is 5.92 Å². The molecule has 0 saturated carbocycles. The predicted octanol–water partition coefficient (Wildman–Crippen LogP) is 2.82. The van der Waals surface area contributed by atoms with Crippen LogP contribution in [0.2, 0.25) is 0 Å². The van der Waals surface area contributed by atoms with Crippen LogP contribution in [0.3, 0.4) is 0 Å². The maximum absolute atomic E-state index is 10.7. The van der Waals surface area contributed by atoms with Crippen LogP contribution in [0.15, 0.2) is 0 Å². The van der Waals surface area contributed by atoms with E-state index in [-0.39, 0.29) is 12.0 Å². The minimum atomic E-state index is -0.738. The number of carbonyl (C=O) groups is 1. The van der Waals surface area contributed by atoms with Crippen LogP contribution >= 0.6 is 0 Å². The number of carboxylic acid groups (broad SMARTS) is 1. The first-order valence-electron chi connectivity index (χ1n) is 6.02. The Morgan fingerprint density at radius 2 is 1.80 bits per heavy atom. The van der Waals surface area contributed by atoms with Gasteiger partial charge in [0.1, 0.15) is 0 Å². The lowest BCUT2D eigenvalue weighted by molar-refractivity contribution is -0.142. The molecule has 0 heterocycles. The third-order valence-electron chi connectivity index (χ3n) is 2.83. The Labute approximate surface area is 92.5 Å². The zero-order valence-electron chi connectivity index (χ0n) is 9.91. The molecule has 3 nitrogen and oxygen atoms in total. The SMILES string of the molecule is CCCCCC(O)CCC(CC)C(=O)O. The molecule has 0 rings (SSSR count). The van der Waals surface area contributed by atoms with Crippen LogP contribution in [-0.2, 0) is 4.79 Å². The molecule has 0 aliphatic rings. The quantitative estimate of drug-likeness (QED) is 0.583. The lowest BCUT2D eigenvalue weighted by Crippen LogP contribution is -2.16. The Morgan fingerprint density at radius 1 is 1.13 bits per heavy atom. The summed E-state index contributed by atoms with van der Waals surface area (Å²) in [5, 5.41) is 18.4. The number of rotatable bonds is 9. The minimum absolute atomic E-state index is 0.286. The second kappa shape index (κ2) is 8.72. The fraction of sp³-hybridized carbons (Fsp3) is 0.917. The van der Waals surface area contributed by atoms with Crippen LogP contribution < -0.4 is 0 Å². The van der Waals surface area contributed by atoms with E-state index in [4.69, 9.17) is 5.11 Å². The summed E-state index contributed by atoms with van der Waals surface area (Å²) in [6, 6.07) is 0. The summed E-state index contributed by atoms with van der Waals surface area (Å²) in [5.41, 5.74) is 0. The summed E-state index contributed by atoms with van der Waals surface area (Å²) < 4.78 is 0. The van der Waals surface area contributed by atoms with Gasteiger partial charge in [0.15, 0.2) is 0 Å². The molecule has 0 aliphatic heterocycles. The van der Waals surface area contributed by atoms with Crippen LogP contribution in [-0.4, -0.2) is 22.3 Å². The van der Waals surface area contributed by atoms with Crippen LogP contribution in [0.25, 0.3) is 0 Å². The van der Waals surface area contributed by atoms with Gasteiger partial charge in [0, 0.05) is 0 Å². The van der Waals surface area contributed by atoms with Gasteiger partial charge >= 0.3 is 5.97 Å². The van der Waals surface area contributed by atoms with Gasteiger partial charge in [-0.2, -0.15) is 0 Å². The largest absolute Gasteiger partial charge is 0.481 e. The molecule has 0 radical (unpaired) electrons. The first-order valence-corrected chi connectivity index (χ1v) is 6.02.